The van der Waals surface area contributed by atoms with Gasteiger partial charge in [0.05, 0.1) is 0 Å². The van der Waals surface area contributed by atoms with Gasteiger partial charge in [0.1, 0.15) is 6.04 Å². The van der Waals surface area contributed by atoms with Gasteiger partial charge in [0.25, 0.3) is 5.91 Å². The Balaban J connectivity index is 2.78. The number of hydrogen-bond acceptors (Lipinski definition) is 2. The van der Waals surface area contributed by atoms with E-state index in [2.05, 4.69) is 5.32 Å². The molecule has 0 spiro atoms. The molecular formula is C15H21NO3. The van der Waals surface area contributed by atoms with Gasteiger partial charge in [0.15, 0.2) is 0 Å². The van der Waals surface area contributed by atoms with Gasteiger partial charge in [-0.15, -0.1) is 0 Å². The van der Waals surface area contributed by atoms with Gasteiger partial charge in [-0.2, -0.15) is 0 Å². The lowest BCUT2D eigenvalue weighted by Crippen LogP contribution is -2.41. The average Bonchev–Trinajstić information content (AvgIpc) is 2.33. The molecule has 1 aromatic rings. The third-order valence-electron chi connectivity index (χ3n) is 3.08. The van der Waals surface area contributed by atoms with Crippen LogP contribution in [0.25, 0.3) is 0 Å². The number of carboxylic acid groups (broad SMARTS) is 1. The van der Waals surface area contributed by atoms with Gasteiger partial charge in [-0.1, -0.05) is 37.5 Å². The van der Waals surface area contributed by atoms with E-state index in [-0.39, 0.29) is 5.91 Å². The molecule has 4 heteroatoms. The van der Waals surface area contributed by atoms with Crippen LogP contribution in [0.3, 0.4) is 0 Å². The molecule has 0 radical (unpaired) electrons. The van der Waals surface area contributed by atoms with Crippen LogP contribution in [0.5, 0.6) is 0 Å². The average molecular weight is 263 g/mol. The number of unbranched alkanes of at least 4 members (excludes halogenated alkanes) is 1. The van der Waals surface area contributed by atoms with Gasteiger partial charge in [-0.25, -0.2) is 4.79 Å². The Kier molecular flexibility index (Phi) is 5.55. The third kappa shape index (κ3) is 4.39. The first-order valence-corrected chi connectivity index (χ1v) is 6.56. The second kappa shape index (κ2) is 6.92. The van der Waals surface area contributed by atoms with E-state index in [9.17, 15) is 9.59 Å². The van der Waals surface area contributed by atoms with Crippen molar-refractivity contribution >= 4 is 11.9 Å². The molecule has 4 nitrogen and oxygen atoms in total. The van der Waals surface area contributed by atoms with Gasteiger partial charge in [0.2, 0.25) is 0 Å². The number of hydrogen-bond donors (Lipinski definition) is 2. The predicted octanol–water partition coefficient (Wildman–Crippen LogP) is 2.68. The molecule has 0 aromatic heterocycles. The van der Waals surface area contributed by atoms with Gasteiger partial charge in [-0.05, 0) is 31.9 Å². The molecule has 0 heterocycles. The minimum absolute atomic E-state index is 0.319. The quantitative estimate of drug-likeness (QED) is 0.829. The summed E-state index contributed by atoms with van der Waals surface area (Å²) in [5.41, 5.74) is 2.47. The number of nitrogens with one attached hydrogen (secondary N) is 1. The van der Waals surface area contributed by atoms with Crippen molar-refractivity contribution in [2.75, 3.05) is 0 Å². The summed E-state index contributed by atoms with van der Waals surface area (Å²) in [6, 6.07) is 4.69. The van der Waals surface area contributed by atoms with Crippen molar-refractivity contribution in [3.05, 3.63) is 34.9 Å². The molecule has 0 aliphatic rings. The zero-order chi connectivity index (χ0) is 14.4. The molecule has 104 valence electrons. The van der Waals surface area contributed by atoms with Gasteiger partial charge >= 0.3 is 5.97 Å². The molecule has 2 N–H and O–H groups in total. The number of aliphatic carboxylic acids is 1. The maximum atomic E-state index is 12.1. The highest BCUT2D eigenvalue weighted by atomic mass is 16.4. The molecule has 0 aliphatic heterocycles. The Bertz CT molecular complexity index is 468. The molecule has 1 rings (SSSR count). The minimum Gasteiger partial charge on any atom is -0.480 e. The number of carbonyl (C=O) groups is 2. The lowest BCUT2D eigenvalue weighted by Gasteiger charge is -2.15. The molecule has 0 bridgehead atoms. The number of benzene rings is 1. The maximum Gasteiger partial charge on any atom is 0.326 e. The lowest BCUT2D eigenvalue weighted by atomic mass is 10.0. The van der Waals surface area contributed by atoms with Gasteiger partial charge in [0, 0.05) is 5.56 Å². The van der Waals surface area contributed by atoms with Crippen LogP contribution in [0.2, 0.25) is 0 Å². The van der Waals surface area contributed by atoms with E-state index in [1.54, 1.807) is 6.07 Å². The summed E-state index contributed by atoms with van der Waals surface area (Å²) in [5.74, 6) is -1.30. The second-order valence-corrected chi connectivity index (χ2v) is 4.82. The van der Waals surface area contributed by atoms with Gasteiger partial charge in [-0.3, -0.25) is 4.79 Å². The predicted molar refractivity (Wildman–Crippen MR) is 74.3 cm³/mol. The van der Waals surface area contributed by atoms with Crippen LogP contribution < -0.4 is 5.32 Å². The number of aryl methyl sites for hydroxylation is 2. The highest BCUT2D eigenvalue weighted by molar-refractivity contribution is 5.97. The molecule has 0 saturated carbocycles. The summed E-state index contributed by atoms with van der Waals surface area (Å²) in [6.45, 7) is 5.80. The SMILES string of the molecule is CCCC[C@H](NC(=O)c1ccc(C)cc1C)C(=O)O. The Morgan fingerprint density at radius 1 is 1.32 bits per heavy atom. The highest BCUT2D eigenvalue weighted by Gasteiger charge is 2.20. The van der Waals surface area contributed by atoms with E-state index in [0.717, 1.165) is 24.0 Å². The molecule has 1 aromatic carbocycles. The molecule has 19 heavy (non-hydrogen) atoms. The second-order valence-electron chi connectivity index (χ2n) is 4.82. The fourth-order valence-corrected chi connectivity index (χ4v) is 1.97. The monoisotopic (exact) mass is 263 g/mol. The van der Waals surface area contributed by atoms with E-state index in [0.29, 0.717) is 12.0 Å². The van der Waals surface area contributed by atoms with Crippen molar-refractivity contribution in [3.63, 3.8) is 0 Å². The van der Waals surface area contributed by atoms with E-state index in [1.165, 1.54) is 0 Å². The first kappa shape index (κ1) is 15.2. The van der Waals surface area contributed by atoms with E-state index in [4.69, 9.17) is 5.11 Å². The first-order valence-electron chi connectivity index (χ1n) is 6.56. The number of carbonyl (C=O) groups excluding carboxylic acids is 1. The molecule has 1 atom stereocenters. The zero-order valence-electron chi connectivity index (χ0n) is 11.7. The number of amides is 1. The summed E-state index contributed by atoms with van der Waals surface area (Å²) < 4.78 is 0. The molecule has 0 unspecified atom stereocenters. The van der Waals surface area contributed by atoms with Crippen molar-refractivity contribution in [2.45, 2.75) is 46.1 Å². The number of carboxylic acids is 1. The van der Waals surface area contributed by atoms with E-state index < -0.39 is 12.0 Å². The molecule has 0 aliphatic carbocycles. The summed E-state index contributed by atoms with van der Waals surface area (Å²) in [5, 5.41) is 11.7. The van der Waals surface area contributed by atoms with Gasteiger partial charge < -0.3 is 10.4 Å². The Labute approximate surface area is 113 Å². The Morgan fingerprint density at radius 2 is 2.00 bits per heavy atom. The molecular weight excluding hydrogens is 242 g/mol. The van der Waals surface area contributed by atoms with Crippen LogP contribution >= 0.6 is 0 Å². The van der Waals surface area contributed by atoms with Crippen LogP contribution in [0, 0.1) is 13.8 Å². The van der Waals surface area contributed by atoms with E-state index >= 15 is 0 Å². The minimum atomic E-state index is -0.980. The van der Waals surface area contributed by atoms with Crippen LogP contribution in [0.1, 0.15) is 47.7 Å². The fraction of sp³-hybridized carbons (Fsp3) is 0.467. The Morgan fingerprint density at radius 3 is 2.53 bits per heavy atom. The van der Waals surface area contributed by atoms with Crippen molar-refractivity contribution in [3.8, 4) is 0 Å². The van der Waals surface area contributed by atoms with Crippen molar-refractivity contribution in [1.82, 2.24) is 5.32 Å². The molecule has 0 saturated heterocycles. The van der Waals surface area contributed by atoms with Crippen LogP contribution in [-0.2, 0) is 4.79 Å². The lowest BCUT2D eigenvalue weighted by molar-refractivity contribution is -0.139. The zero-order valence-corrected chi connectivity index (χ0v) is 11.7. The normalized spacial score (nSPS) is 11.9. The van der Waals surface area contributed by atoms with Crippen molar-refractivity contribution in [1.29, 1.82) is 0 Å². The summed E-state index contributed by atoms with van der Waals surface area (Å²) in [4.78, 5) is 23.2. The van der Waals surface area contributed by atoms with Crippen molar-refractivity contribution in [2.24, 2.45) is 0 Å². The third-order valence-corrected chi connectivity index (χ3v) is 3.08. The molecule has 0 fully saturated rings. The van der Waals surface area contributed by atoms with Crippen molar-refractivity contribution < 1.29 is 14.7 Å². The topological polar surface area (TPSA) is 66.4 Å². The van der Waals surface area contributed by atoms with Crippen LogP contribution in [0.15, 0.2) is 18.2 Å². The molecule has 1 amide bonds. The summed E-state index contributed by atoms with van der Waals surface area (Å²) in [7, 11) is 0. The largest absolute Gasteiger partial charge is 0.480 e. The standard InChI is InChI=1S/C15H21NO3/c1-4-5-6-13(15(18)19)16-14(17)12-8-7-10(2)9-11(12)3/h7-9,13H,4-6H2,1-3H3,(H,16,17)(H,18,19)/t13-/m0/s1. The van der Waals surface area contributed by atoms with Crippen LogP contribution in [-0.4, -0.2) is 23.0 Å². The fourth-order valence-electron chi connectivity index (χ4n) is 1.97. The Hall–Kier alpha value is -1.84. The maximum absolute atomic E-state index is 12.1. The first-order chi connectivity index (χ1) is 8.95. The summed E-state index contributed by atoms with van der Waals surface area (Å²) >= 11 is 0. The van der Waals surface area contributed by atoms with Crippen LogP contribution in [0.4, 0.5) is 0 Å². The highest BCUT2D eigenvalue weighted by Crippen LogP contribution is 2.11. The number of rotatable bonds is 6. The smallest absolute Gasteiger partial charge is 0.326 e. The van der Waals surface area contributed by atoms with E-state index in [1.807, 2.05) is 32.9 Å². The summed E-state index contributed by atoms with van der Waals surface area (Å²) in [6.07, 6.45) is 2.15.